The quantitative estimate of drug-likeness (QED) is 0.471. The SMILES string of the molecule is [N-]=[N+]=NC1C(N=[N+]=[N-])[C@@H](CO)O[C@H]1n1cnc2c(N)ncnc21. The van der Waals surface area contributed by atoms with Gasteiger partial charge in [0.1, 0.15) is 18.1 Å². The van der Waals surface area contributed by atoms with Gasteiger partial charge in [0.25, 0.3) is 0 Å². The number of aromatic nitrogens is 4. The molecule has 3 N–H and O–H groups in total. The van der Waals surface area contributed by atoms with Crippen molar-refractivity contribution < 1.29 is 9.84 Å². The zero-order valence-corrected chi connectivity index (χ0v) is 11.6. The minimum absolute atomic E-state index is 0.192. The Bertz CT molecular complexity index is 821. The van der Waals surface area contributed by atoms with E-state index in [-0.39, 0.29) is 5.82 Å². The molecule has 0 saturated carbocycles. The van der Waals surface area contributed by atoms with E-state index in [0.717, 1.165) is 0 Å². The number of rotatable bonds is 4. The molecule has 0 spiro atoms. The predicted molar refractivity (Wildman–Crippen MR) is 76.6 cm³/mol. The number of nitrogens with zero attached hydrogens (tertiary/aromatic N) is 10. The van der Waals surface area contributed by atoms with Gasteiger partial charge in [-0.3, -0.25) is 4.57 Å². The van der Waals surface area contributed by atoms with E-state index < -0.39 is 31.0 Å². The molecule has 23 heavy (non-hydrogen) atoms. The van der Waals surface area contributed by atoms with E-state index in [1.807, 2.05) is 0 Å². The number of fused-ring (bicyclic) bond motifs is 1. The zero-order chi connectivity index (χ0) is 16.4. The Labute approximate surface area is 128 Å². The first-order valence-electron chi connectivity index (χ1n) is 6.49. The van der Waals surface area contributed by atoms with Crippen molar-refractivity contribution >= 4 is 17.0 Å². The molecule has 13 nitrogen and oxygen atoms in total. The molecular weight excluding hydrogens is 306 g/mol. The monoisotopic (exact) mass is 317 g/mol. The number of anilines is 1. The fourth-order valence-corrected chi connectivity index (χ4v) is 2.55. The first kappa shape index (κ1) is 14.8. The summed E-state index contributed by atoms with van der Waals surface area (Å²) in [5.74, 6) is 0.192. The summed E-state index contributed by atoms with van der Waals surface area (Å²) in [6.07, 6.45) is 1.01. The summed E-state index contributed by atoms with van der Waals surface area (Å²) in [6.45, 7) is -0.401. The number of azide groups is 2. The smallest absolute Gasteiger partial charge is 0.167 e. The molecule has 0 bridgehead atoms. The Morgan fingerprint density at radius 2 is 2.00 bits per heavy atom. The highest BCUT2D eigenvalue weighted by molar-refractivity contribution is 5.81. The average molecular weight is 317 g/mol. The maximum atomic E-state index is 9.41. The van der Waals surface area contributed by atoms with Crippen LogP contribution in [0.3, 0.4) is 0 Å². The molecule has 0 amide bonds. The van der Waals surface area contributed by atoms with Crippen molar-refractivity contribution in [2.24, 2.45) is 10.2 Å². The molecule has 118 valence electrons. The number of imidazole rings is 1. The Balaban J connectivity index is 2.11. The maximum Gasteiger partial charge on any atom is 0.167 e. The first-order chi connectivity index (χ1) is 11.2. The third kappa shape index (κ3) is 2.35. The lowest BCUT2D eigenvalue weighted by Crippen LogP contribution is -2.30. The van der Waals surface area contributed by atoms with Crippen LogP contribution in [0.25, 0.3) is 32.0 Å². The van der Waals surface area contributed by atoms with Crippen LogP contribution in [0.1, 0.15) is 6.23 Å². The molecule has 2 aromatic rings. The molecule has 1 fully saturated rings. The van der Waals surface area contributed by atoms with Gasteiger partial charge in [0.15, 0.2) is 11.5 Å². The minimum atomic E-state index is -0.873. The van der Waals surface area contributed by atoms with Crippen LogP contribution in [0.2, 0.25) is 0 Å². The van der Waals surface area contributed by atoms with E-state index in [2.05, 4.69) is 35.0 Å². The fourth-order valence-electron chi connectivity index (χ4n) is 2.55. The van der Waals surface area contributed by atoms with E-state index >= 15 is 0 Å². The Morgan fingerprint density at radius 3 is 2.70 bits per heavy atom. The maximum absolute atomic E-state index is 9.41. The third-order valence-electron chi connectivity index (χ3n) is 3.55. The van der Waals surface area contributed by atoms with Gasteiger partial charge < -0.3 is 15.6 Å². The van der Waals surface area contributed by atoms with Crippen LogP contribution < -0.4 is 5.73 Å². The van der Waals surface area contributed by atoms with Gasteiger partial charge in [-0.1, -0.05) is 10.2 Å². The summed E-state index contributed by atoms with van der Waals surface area (Å²) in [7, 11) is 0. The zero-order valence-electron chi connectivity index (χ0n) is 11.6. The summed E-state index contributed by atoms with van der Waals surface area (Å²) in [4.78, 5) is 17.5. The average Bonchev–Trinajstić information content (AvgIpc) is 3.11. The van der Waals surface area contributed by atoms with E-state index in [4.69, 9.17) is 21.5 Å². The van der Waals surface area contributed by atoms with E-state index in [0.29, 0.717) is 11.2 Å². The molecule has 3 heterocycles. The second-order valence-electron chi connectivity index (χ2n) is 4.72. The third-order valence-corrected chi connectivity index (χ3v) is 3.55. The van der Waals surface area contributed by atoms with Gasteiger partial charge >= 0.3 is 0 Å². The van der Waals surface area contributed by atoms with Crippen LogP contribution in [0, 0.1) is 0 Å². The lowest BCUT2D eigenvalue weighted by atomic mass is 10.1. The minimum Gasteiger partial charge on any atom is -0.394 e. The molecule has 3 rings (SSSR count). The first-order valence-corrected chi connectivity index (χ1v) is 6.49. The molecule has 0 aromatic carbocycles. The predicted octanol–water partition coefficient (Wildman–Crippen LogP) is 0.656. The van der Waals surface area contributed by atoms with Gasteiger partial charge in [0.2, 0.25) is 0 Å². The van der Waals surface area contributed by atoms with Gasteiger partial charge in [0.05, 0.1) is 31.1 Å². The van der Waals surface area contributed by atoms with Crippen molar-refractivity contribution in [3.63, 3.8) is 0 Å². The summed E-state index contributed by atoms with van der Waals surface area (Å²) in [5, 5.41) is 16.6. The van der Waals surface area contributed by atoms with Gasteiger partial charge in [0, 0.05) is 9.82 Å². The van der Waals surface area contributed by atoms with E-state index in [1.54, 1.807) is 0 Å². The molecule has 1 saturated heterocycles. The Kier molecular flexibility index (Phi) is 3.83. The molecule has 1 aliphatic rings. The summed E-state index contributed by atoms with van der Waals surface area (Å²) in [6, 6.07) is -1.73. The largest absolute Gasteiger partial charge is 0.394 e. The number of hydrogen-bond donors (Lipinski definition) is 2. The second-order valence-corrected chi connectivity index (χ2v) is 4.72. The highest BCUT2D eigenvalue weighted by Gasteiger charge is 2.45. The summed E-state index contributed by atoms with van der Waals surface area (Å²) < 4.78 is 7.18. The standard InChI is InChI=1S/C10H11N11O2/c11-8-7-9(15-2-14-8)21(3-16-7)10-6(18-20-13)5(17-19-12)4(1-22)23-10/h2-6,10,22H,1H2,(H2,11,14,15)/t4-,5?,6?,10-/m1/s1. The van der Waals surface area contributed by atoms with Crippen molar-refractivity contribution in [1.29, 1.82) is 0 Å². The number of aliphatic hydroxyl groups is 1. The lowest BCUT2D eigenvalue weighted by Gasteiger charge is -2.17. The number of nitrogens with two attached hydrogens (primary N) is 1. The van der Waals surface area contributed by atoms with E-state index in [1.165, 1.54) is 17.2 Å². The number of ether oxygens (including phenoxy) is 1. The molecule has 0 radical (unpaired) electrons. The van der Waals surface area contributed by atoms with Crippen molar-refractivity contribution in [2.45, 2.75) is 24.4 Å². The molecule has 4 atom stereocenters. The van der Waals surface area contributed by atoms with Crippen LogP contribution in [0.4, 0.5) is 5.82 Å². The fraction of sp³-hybridized carbons (Fsp3) is 0.500. The van der Waals surface area contributed by atoms with Crippen molar-refractivity contribution in [3.05, 3.63) is 33.5 Å². The van der Waals surface area contributed by atoms with Gasteiger partial charge in [-0.25, -0.2) is 15.0 Å². The van der Waals surface area contributed by atoms with Gasteiger partial charge in [-0.15, -0.1) is 0 Å². The second kappa shape index (κ2) is 5.94. The topological polar surface area (TPSA) is 197 Å². The number of hydrogen-bond acceptors (Lipinski definition) is 8. The lowest BCUT2D eigenvalue weighted by molar-refractivity contribution is -0.0260. The van der Waals surface area contributed by atoms with Crippen molar-refractivity contribution in [3.8, 4) is 0 Å². The van der Waals surface area contributed by atoms with Gasteiger partial charge in [-0.05, 0) is 11.1 Å². The van der Waals surface area contributed by atoms with Gasteiger partial charge in [-0.2, -0.15) is 0 Å². The van der Waals surface area contributed by atoms with Crippen LogP contribution >= 0.6 is 0 Å². The summed E-state index contributed by atoms with van der Waals surface area (Å²) in [5.41, 5.74) is 23.9. The van der Waals surface area contributed by atoms with Crippen LogP contribution in [-0.2, 0) is 4.74 Å². The molecule has 2 aromatic heterocycles. The highest BCUT2D eigenvalue weighted by atomic mass is 16.5. The van der Waals surface area contributed by atoms with Crippen LogP contribution in [0.5, 0.6) is 0 Å². The molecular formula is C10H11N11O2. The Hall–Kier alpha value is -3.11. The Morgan fingerprint density at radius 1 is 1.26 bits per heavy atom. The number of nitrogen functional groups attached to an aromatic ring is 1. The van der Waals surface area contributed by atoms with Crippen LogP contribution in [0.15, 0.2) is 22.9 Å². The molecule has 0 aliphatic carbocycles. The van der Waals surface area contributed by atoms with Crippen molar-refractivity contribution in [1.82, 2.24) is 19.5 Å². The van der Waals surface area contributed by atoms with Crippen LogP contribution in [-0.4, -0.2) is 49.4 Å². The molecule has 13 heteroatoms. The molecule has 2 unspecified atom stereocenters. The van der Waals surface area contributed by atoms with E-state index in [9.17, 15) is 5.11 Å². The summed E-state index contributed by atoms with van der Waals surface area (Å²) >= 11 is 0. The molecule has 1 aliphatic heterocycles. The normalized spacial score (nSPS) is 26.7. The highest BCUT2D eigenvalue weighted by Crippen LogP contribution is 2.35. The van der Waals surface area contributed by atoms with Crippen molar-refractivity contribution in [2.75, 3.05) is 12.3 Å². The number of aliphatic hydroxyl groups excluding tert-OH is 1.